The number of aryl methyl sites for hydroxylation is 1. The minimum atomic E-state index is -0.913. The minimum Gasteiger partial charge on any atom is -0.344 e. The topological polar surface area (TPSA) is 188 Å². The van der Waals surface area contributed by atoms with Gasteiger partial charge in [-0.25, -0.2) is 0 Å². The summed E-state index contributed by atoms with van der Waals surface area (Å²) in [6.45, 7) is 13.6. The van der Waals surface area contributed by atoms with Crippen LogP contribution in [-0.4, -0.2) is 69.4 Å². The second-order valence-electron chi connectivity index (χ2n) is 15.3. The zero-order chi connectivity index (χ0) is 40.1. The number of aromatic nitrogens is 1. The van der Waals surface area contributed by atoms with Crippen molar-refractivity contribution in [2.75, 3.05) is 22.5 Å². The van der Waals surface area contributed by atoms with Crippen molar-refractivity contribution in [3.63, 3.8) is 0 Å². The van der Waals surface area contributed by atoms with E-state index in [1.165, 1.54) is 4.90 Å². The molecule has 54 heavy (non-hydrogen) atoms. The molecule has 1 aliphatic heterocycles. The van der Waals surface area contributed by atoms with Crippen LogP contribution in [-0.2, 0) is 35.8 Å². The van der Waals surface area contributed by atoms with E-state index < -0.39 is 23.9 Å². The lowest BCUT2D eigenvalue weighted by molar-refractivity contribution is -0.140. The molecule has 0 aliphatic carbocycles. The maximum absolute atomic E-state index is 13.1. The van der Waals surface area contributed by atoms with Crippen molar-refractivity contribution in [3.05, 3.63) is 42.2 Å². The van der Waals surface area contributed by atoms with Gasteiger partial charge in [0.25, 0.3) is 5.91 Å². The fourth-order valence-electron chi connectivity index (χ4n) is 6.18. The molecule has 7 amide bonds. The van der Waals surface area contributed by atoms with Crippen LogP contribution < -0.4 is 26.6 Å². The van der Waals surface area contributed by atoms with Crippen LogP contribution in [0.4, 0.5) is 17.1 Å². The van der Waals surface area contributed by atoms with Gasteiger partial charge in [0, 0.05) is 56.3 Å². The van der Waals surface area contributed by atoms with E-state index in [1.807, 2.05) is 13.8 Å². The van der Waals surface area contributed by atoms with Crippen molar-refractivity contribution in [1.29, 1.82) is 0 Å². The van der Waals surface area contributed by atoms with E-state index in [0.717, 1.165) is 12.8 Å². The van der Waals surface area contributed by atoms with E-state index in [9.17, 15) is 33.6 Å². The second-order valence-corrected chi connectivity index (χ2v) is 15.3. The Bertz CT molecular complexity index is 1650. The predicted octanol–water partition coefficient (Wildman–Crippen LogP) is 5.22. The molecule has 5 N–H and O–H groups in total. The van der Waals surface area contributed by atoms with Crippen LogP contribution in [0.25, 0.3) is 0 Å². The molecular weight excluding hydrogens is 690 g/mol. The molecule has 14 heteroatoms. The normalized spacial score (nSPS) is 15.4. The standard InChI is InChI=1S/C40H59N7O7/c1-24(2)13-12-15-33(48)42-30-21-32(46(8)23-30)38(52)44-29-18-16-28(17-19-29)43-37(51)27(7)41-39(53)36(26(5)6)45-34(49)14-10-9-11-20-47-35(50)22-31(25(3)4)40(47)54/h16-19,21,23-27,31,36H,9-15,20,22H2,1-8H3,(H,41,53)(H,42,48)(H,43,51)(H,44,52)(H,45,49)/t27-,31?,36-/m0/s1. The Morgan fingerprint density at radius 3 is 1.96 bits per heavy atom. The van der Waals surface area contributed by atoms with Gasteiger partial charge in [-0.2, -0.15) is 0 Å². The number of hydrogen-bond acceptors (Lipinski definition) is 7. The first kappa shape index (κ1) is 43.4. The Morgan fingerprint density at radius 2 is 1.37 bits per heavy atom. The number of anilines is 3. The summed E-state index contributed by atoms with van der Waals surface area (Å²) in [7, 11) is 1.72. The zero-order valence-corrected chi connectivity index (χ0v) is 33.0. The molecule has 1 aromatic carbocycles. The molecule has 2 heterocycles. The van der Waals surface area contributed by atoms with E-state index in [1.54, 1.807) is 68.9 Å². The third kappa shape index (κ3) is 13.1. The summed E-state index contributed by atoms with van der Waals surface area (Å²) in [6.07, 6.45) is 6.08. The van der Waals surface area contributed by atoms with Crippen LogP contribution >= 0.6 is 0 Å². The highest BCUT2D eigenvalue weighted by Crippen LogP contribution is 2.26. The molecule has 296 valence electrons. The number of hydrogen-bond donors (Lipinski definition) is 5. The van der Waals surface area contributed by atoms with Gasteiger partial charge in [0.15, 0.2) is 0 Å². The monoisotopic (exact) mass is 749 g/mol. The smallest absolute Gasteiger partial charge is 0.272 e. The highest BCUT2D eigenvalue weighted by Gasteiger charge is 2.39. The van der Waals surface area contributed by atoms with Crippen molar-refractivity contribution >= 4 is 58.4 Å². The molecule has 3 rings (SSSR count). The number of benzene rings is 1. The van der Waals surface area contributed by atoms with Crippen molar-refractivity contribution in [3.8, 4) is 0 Å². The first-order valence-electron chi connectivity index (χ1n) is 19.1. The fraction of sp³-hybridized carbons (Fsp3) is 0.575. The summed E-state index contributed by atoms with van der Waals surface area (Å²) in [5.74, 6) is -1.83. The van der Waals surface area contributed by atoms with Gasteiger partial charge in [0.05, 0.1) is 5.69 Å². The van der Waals surface area contributed by atoms with Crippen LogP contribution in [0.15, 0.2) is 36.5 Å². The Balaban J connectivity index is 1.42. The molecule has 14 nitrogen and oxygen atoms in total. The maximum atomic E-state index is 13.1. The number of nitrogens with one attached hydrogen (secondary N) is 5. The van der Waals surface area contributed by atoms with Crippen molar-refractivity contribution in [1.82, 2.24) is 20.1 Å². The van der Waals surface area contributed by atoms with Gasteiger partial charge in [-0.1, -0.05) is 54.4 Å². The first-order chi connectivity index (χ1) is 25.5. The van der Waals surface area contributed by atoms with Gasteiger partial charge in [-0.05, 0) is 74.3 Å². The Hall–Kier alpha value is -5.01. The van der Waals surface area contributed by atoms with E-state index >= 15 is 0 Å². The third-order valence-corrected chi connectivity index (χ3v) is 9.50. The number of amides is 7. The zero-order valence-electron chi connectivity index (χ0n) is 33.0. The van der Waals surface area contributed by atoms with Crippen LogP contribution in [0.5, 0.6) is 0 Å². The SMILES string of the molecule is CC(C)CCCC(=O)Nc1cc(C(=O)Nc2ccc(NC(=O)[C@H](C)NC(=O)[C@@H](NC(=O)CCCCCN3C(=O)CC(C(C)C)C3=O)C(C)C)cc2)n(C)c1. The summed E-state index contributed by atoms with van der Waals surface area (Å²) in [5.41, 5.74) is 1.84. The molecule has 2 aromatic rings. The lowest BCUT2D eigenvalue weighted by Crippen LogP contribution is -2.53. The van der Waals surface area contributed by atoms with E-state index in [2.05, 4.69) is 40.4 Å². The number of unbranched alkanes of at least 4 members (excludes halogenated alkanes) is 2. The largest absolute Gasteiger partial charge is 0.344 e. The van der Waals surface area contributed by atoms with Crippen LogP contribution in [0.2, 0.25) is 0 Å². The van der Waals surface area contributed by atoms with Crippen LogP contribution in [0.3, 0.4) is 0 Å². The second kappa shape index (κ2) is 20.4. The van der Waals surface area contributed by atoms with Gasteiger partial charge < -0.3 is 31.2 Å². The molecule has 1 unspecified atom stereocenters. The van der Waals surface area contributed by atoms with Gasteiger partial charge in [0.1, 0.15) is 17.8 Å². The number of imide groups is 1. The third-order valence-electron chi connectivity index (χ3n) is 9.50. The Morgan fingerprint density at radius 1 is 0.741 bits per heavy atom. The molecule has 0 radical (unpaired) electrons. The Kier molecular flexibility index (Phi) is 16.4. The quantitative estimate of drug-likeness (QED) is 0.0907. The highest BCUT2D eigenvalue weighted by atomic mass is 16.2. The van der Waals surface area contributed by atoms with Gasteiger partial charge >= 0.3 is 0 Å². The van der Waals surface area contributed by atoms with Crippen molar-refractivity contribution < 1.29 is 33.6 Å². The molecular formula is C40H59N7O7. The lowest BCUT2D eigenvalue weighted by atomic mass is 9.94. The first-order valence-corrected chi connectivity index (χ1v) is 19.1. The van der Waals surface area contributed by atoms with E-state index in [-0.39, 0.29) is 60.1 Å². The molecule has 1 aromatic heterocycles. The average molecular weight is 750 g/mol. The summed E-state index contributed by atoms with van der Waals surface area (Å²) in [5, 5.41) is 13.9. The van der Waals surface area contributed by atoms with Crippen molar-refractivity contribution in [2.24, 2.45) is 30.7 Å². The number of carbonyl (C=O) groups is 7. The van der Waals surface area contributed by atoms with Gasteiger partial charge in [-0.15, -0.1) is 0 Å². The predicted molar refractivity (Wildman–Crippen MR) is 208 cm³/mol. The minimum absolute atomic E-state index is 0.0982. The number of carbonyl (C=O) groups excluding carboxylic acids is 7. The average Bonchev–Trinajstić information content (AvgIpc) is 3.60. The molecule has 0 saturated carbocycles. The maximum Gasteiger partial charge on any atom is 0.272 e. The fourth-order valence-corrected chi connectivity index (χ4v) is 6.18. The molecule has 1 saturated heterocycles. The molecule has 3 atom stereocenters. The summed E-state index contributed by atoms with van der Waals surface area (Å²) in [4.78, 5) is 90.1. The molecule has 1 fully saturated rings. The number of likely N-dealkylation sites (tertiary alicyclic amines) is 1. The van der Waals surface area contributed by atoms with Gasteiger partial charge in [0.2, 0.25) is 35.4 Å². The van der Waals surface area contributed by atoms with E-state index in [0.29, 0.717) is 60.9 Å². The van der Waals surface area contributed by atoms with Crippen LogP contribution in [0, 0.1) is 23.7 Å². The molecule has 0 bridgehead atoms. The summed E-state index contributed by atoms with van der Waals surface area (Å²) < 4.78 is 1.63. The summed E-state index contributed by atoms with van der Waals surface area (Å²) in [6, 6.07) is 6.36. The van der Waals surface area contributed by atoms with Gasteiger partial charge in [-0.3, -0.25) is 38.5 Å². The Labute approximate surface area is 318 Å². The lowest BCUT2D eigenvalue weighted by Gasteiger charge is -2.24. The van der Waals surface area contributed by atoms with Crippen LogP contribution in [0.1, 0.15) is 110 Å². The molecule has 1 aliphatic rings. The van der Waals surface area contributed by atoms with Crippen molar-refractivity contribution in [2.45, 2.75) is 112 Å². The number of rotatable bonds is 20. The van der Waals surface area contributed by atoms with E-state index in [4.69, 9.17) is 0 Å². The highest BCUT2D eigenvalue weighted by molar-refractivity contribution is 6.05. The molecule has 0 spiro atoms. The summed E-state index contributed by atoms with van der Waals surface area (Å²) >= 11 is 0. The number of nitrogens with zero attached hydrogens (tertiary/aromatic N) is 2.